The van der Waals surface area contributed by atoms with Crippen molar-refractivity contribution in [3.63, 3.8) is 0 Å². The van der Waals surface area contributed by atoms with E-state index in [0.29, 0.717) is 0 Å². The molecule has 0 saturated heterocycles. The fourth-order valence-electron chi connectivity index (χ4n) is 6.87. The number of benzene rings is 5. The van der Waals surface area contributed by atoms with Gasteiger partial charge in [-0.1, -0.05) is 163 Å². The Balaban J connectivity index is 0.000000425. The predicted octanol–water partition coefficient (Wildman–Crippen LogP) is 14.7. The summed E-state index contributed by atoms with van der Waals surface area (Å²) in [7, 11) is 3.05. The van der Waals surface area contributed by atoms with Crippen molar-refractivity contribution in [3.8, 4) is 16.9 Å². The first-order chi connectivity index (χ1) is 28.5. The molecular weight excluding hydrogens is 773 g/mol. The van der Waals surface area contributed by atoms with E-state index in [0.717, 1.165) is 5.75 Å². The van der Waals surface area contributed by atoms with Gasteiger partial charge in [0.25, 0.3) is 0 Å². The molecule has 0 aromatic heterocycles. The third kappa shape index (κ3) is 17.5. The molecule has 0 N–H and O–H groups in total. The Labute approximate surface area is 375 Å². The second-order valence-corrected chi connectivity index (χ2v) is 16.7. The van der Waals surface area contributed by atoms with Crippen molar-refractivity contribution in [1.82, 2.24) is 0 Å². The Morgan fingerprint density at radius 3 is 1.35 bits per heavy atom. The molecule has 5 aromatic carbocycles. The number of aryl methyl sites for hydroxylation is 6. The van der Waals surface area contributed by atoms with E-state index in [1.54, 1.807) is 7.11 Å². The summed E-state index contributed by atoms with van der Waals surface area (Å²) < 4.78 is 22.3. The fraction of sp³-hybridized carbons (Fsp3) is 0.418. The molecule has 0 bridgehead atoms. The lowest BCUT2D eigenvalue weighted by Gasteiger charge is -2.39. The van der Waals surface area contributed by atoms with Crippen LogP contribution < -0.4 is 4.74 Å². The summed E-state index contributed by atoms with van der Waals surface area (Å²) >= 11 is 0. The molecule has 0 amide bonds. The predicted molar refractivity (Wildman–Crippen MR) is 258 cm³/mol. The van der Waals surface area contributed by atoms with Crippen LogP contribution in [-0.2, 0) is 34.6 Å². The first kappa shape index (κ1) is 54.6. The van der Waals surface area contributed by atoms with Crippen LogP contribution in [0.5, 0.6) is 5.75 Å². The molecule has 0 atom stereocenters. The molecule has 0 radical (unpaired) electrons. The minimum atomic E-state index is -0.946. The van der Waals surface area contributed by atoms with Crippen LogP contribution in [0.25, 0.3) is 11.1 Å². The van der Waals surface area contributed by atoms with Gasteiger partial charge in [-0.3, -0.25) is 4.79 Å². The van der Waals surface area contributed by atoms with Gasteiger partial charge in [-0.2, -0.15) is 0 Å². The van der Waals surface area contributed by atoms with Crippen LogP contribution in [0, 0.1) is 41.5 Å². The van der Waals surface area contributed by atoms with Gasteiger partial charge in [0.05, 0.1) is 7.11 Å². The maximum atomic E-state index is 10.5. The molecule has 5 aromatic rings. The third-order valence-corrected chi connectivity index (χ3v) is 11.0. The topological polar surface area (TPSA) is 80.3 Å². The molecule has 0 unspecified atom stereocenters. The molecule has 1 aliphatic carbocycles. The molecule has 7 nitrogen and oxygen atoms in total. The third-order valence-electron chi connectivity index (χ3n) is 11.0. The van der Waals surface area contributed by atoms with E-state index in [2.05, 4.69) is 178 Å². The molecule has 1 aliphatic rings. The second-order valence-electron chi connectivity index (χ2n) is 16.7. The highest BCUT2D eigenvalue weighted by atomic mass is 16.8. The van der Waals surface area contributed by atoms with Crippen molar-refractivity contribution < 1.29 is 33.3 Å². The van der Waals surface area contributed by atoms with E-state index >= 15 is 0 Å². The Hall–Kier alpha value is -5.40. The number of carbonyl (C=O) groups excluding carboxylic acids is 2. The molecule has 1 fully saturated rings. The van der Waals surface area contributed by atoms with Crippen LogP contribution in [0.2, 0.25) is 0 Å². The van der Waals surface area contributed by atoms with Crippen molar-refractivity contribution >= 4 is 12.1 Å². The molecule has 0 aliphatic heterocycles. The standard InChI is InChI=1S/C22H28.C14H14.C11H16O.C6H10O6.2CH4/c1-16-8-10-20(14-18(16)3)22(12-6-5-7-13-22)21-11-9-17(2)19(4)15-21;1-11-3-7-13(8-4-11)14-9-5-12(2)6-10-14;1-11(2,3)9-5-7-10(12-4)8-6-9;1-5(7)10-4-12-6(8)11-3-9-2;;/h8-11,14-15H,5-7,12-13H2,1-4H3;3-10H,1-2H3;5-8H,1-4H3;3-4H2,1-2H3;2*1H4. The molecule has 62 heavy (non-hydrogen) atoms. The number of rotatable bonds is 8. The summed E-state index contributed by atoms with van der Waals surface area (Å²) in [6.45, 7) is 20.3. The quantitative estimate of drug-likeness (QED) is 0.114. The fourth-order valence-corrected chi connectivity index (χ4v) is 6.87. The van der Waals surface area contributed by atoms with E-state index in [1.807, 2.05) is 12.1 Å². The maximum absolute atomic E-state index is 10.5. The van der Waals surface area contributed by atoms with E-state index in [-0.39, 0.29) is 32.5 Å². The van der Waals surface area contributed by atoms with Gasteiger partial charge in [-0.05, 0) is 122 Å². The lowest BCUT2D eigenvalue weighted by molar-refractivity contribution is -0.151. The highest BCUT2D eigenvalue weighted by Crippen LogP contribution is 2.45. The molecule has 1 saturated carbocycles. The van der Waals surface area contributed by atoms with Crippen molar-refractivity contribution in [2.45, 2.75) is 127 Å². The van der Waals surface area contributed by atoms with E-state index in [1.165, 1.54) is 107 Å². The zero-order chi connectivity index (χ0) is 44.3. The second kappa shape index (κ2) is 26.8. The number of methoxy groups -OCH3 is 2. The Kier molecular flexibility index (Phi) is 23.6. The molecule has 6 rings (SSSR count). The zero-order valence-electron chi connectivity index (χ0n) is 38.2. The molecule has 338 valence electrons. The largest absolute Gasteiger partial charge is 0.513 e. The Bertz CT molecular complexity index is 1950. The lowest BCUT2D eigenvalue weighted by Crippen LogP contribution is -2.30. The van der Waals surface area contributed by atoms with Crippen LogP contribution in [0.3, 0.4) is 0 Å². The summed E-state index contributed by atoms with van der Waals surface area (Å²) in [4.78, 5) is 20.6. The van der Waals surface area contributed by atoms with Gasteiger partial charge in [0.1, 0.15) is 5.75 Å². The normalized spacial score (nSPS) is 12.4. The molecular formula is C55H76O7. The first-order valence-corrected chi connectivity index (χ1v) is 20.8. The smallest absolute Gasteiger partial charge is 0.497 e. The molecule has 7 heteroatoms. The van der Waals surface area contributed by atoms with Gasteiger partial charge in [0.2, 0.25) is 6.79 Å². The van der Waals surface area contributed by atoms with Crippen molar-refractivity contribution in [2.75, 3.05) is 27.8 Å². The minimum absolute atomic E-state index is 0. The number of esters is 1. The summed E-state index contributed by atoms with van der Waals surface area (Å²) in [6.07, 6.45) is 5.71. The number of hydrogen-bond donors (Lipinski definition) is 0. The van der Waals surface area contributed by atoms with Gasteiger partial charge in [0.15, 0.2) is 6.79 Å². The molecule has 0 heterocycles. The van der Waals surface area contributed by atoms with Crippen LogP contribution in [0.1, 0.15) is 125 Å². The molecule has 0 spiro atoms. The average molecular weight is 849 g/mol. The van der Waals surface area contributed by atoms with Crippen molar-refractivity contribution in [2.24, 2.45) is 0 Å². The van der Waals surface area contributed by atoms with Crippen molar-refractivity contribution in [1.29, 1.82) is 0 Å². The van der Waals surface area contributed by atoms with Gasteiger partial charge in [0, 0.05) is 19.4 Å². The van der Waals surface area contributed by atoms with Crippen molar-refractivity contribution in [3.05, 3.63) is 159 Å². The number of hydrogen-bond acceptors (Lipinski definition) is 7. The summed E-state index contributed by atoms with van der Waals surface area (Å²) in [5, 5.41) is 0. The van der Waals surface area contributed by atoms with Crippen LogP contribution >= 0.6 is 0 Å². The summed E-state index contributed by atoms with van der Waals surface area (Å²) in [6, 6.07) is 39.7. The average Bonchev–Trinajstić information content (AvgIpc) is 3.23. The van der Waals surface area contributed by atoms with Gasteiger partial charge in [-0.15, -0.1) is 0 Å². The van der Waals surface area contributed by atoms with E-state index < -0.39 is 18.9 Å². The monoisotopic (exact) mass is 849 g/mol. The van der Waals surface area contributed by atoms with Crippen LogP contribution in [0.15, 0.2) is 109 Å². The maximum Gasteiger partial charge on any atom is 0.513 e. The summed E-state index contributed by atoms with van der Waals surface area (Å²) in [5.74, 6) is 0.387. The van der Waals surface area contributed by atoms with Gasteiger partial charge < -0.3 is 23.7 Å². The lowest BCUT2D eigenvalue weighted by atomic mass is 9.64. The SMILES string of the molecule is C.C.COCOC(=O)OCOC(C)=O.COc1ccc(C(C)(C)C)cc1.Cc1ccc(-c2ccc(C)cc2)cc1.Cc1ccc(C2(c3ccc(C)c(C)c3)CCCCC2)cc1C. The summed E-state index contributed by atoms with van der Waals surface area (Å²) in [5.41, 5.74) is 15.7. The minimum Gasteiger partial charge on any atom is -0.497 e. The first-order valence-electron chi connectivity index (χ1n) is 20.8. The number of carbonyl (C=O) groups is 2. The van der Waals surface area contributed by atoms with E-state index in [9.17, 15) is 9.59 Å². The highest BCUT2D eigenvalue weighted by molar-refractivity contribution is 5.66. The number of ether oxygens (including phenoxy) is 5. The Morgan fingerprint density at radius 1 is 0.548 bits per heavy atom. The van der Waals surface area contributed by atoms with Gasteiger partial charge in [-0.25, -0.2) is 4.79 Å². The van der Waals surface area contributed by atoms with Crippen LogP contribution in [-0.4, -0.2) is 39.9 Å². The Morgan fingerprint density at radius 2 is 0.984 bits per heavy atom. The van der Waals surface area contributed by atoms with Crippen LogP contribution in [0.4, 0.5) is 4.79 Å². The highest BCUT2D eigenvalue weighted by Gasteiger charge is 2.36. The van der Waals surface area contributed by atoms with Gasteiger partial charge >= 0.3 is 12.1 Å². The zero-order valence-corrected chi connectivity index (χ0v) is 38.2. The van der Waals surface area contributed by atoms with E-state index in [4.69, 9.17) is 4.74 Å².